The summed E-state index contributed by atoms with van der Waals surface area (Å²) in [5.74, 6) is 0.589. The Balaban J connectivity index is 2.06. The smallest absolute Gasteiger partial charge is 0.163 e. The molecule has 20 heavy (non-hydrogen) atoms. The molecule has 3 rings (SSSR count). The van der Waals surface area contributed by atoms with Gasteiger partial charge in [-0.05, 0) is 24.4 Å². The van der Waals surface area contributed by atoms with Gasteiger partial charge in [-0.1, -0.05) is 0 Å². The summed E-state index contributed by atoms with van der Waals surface area (Å²) in [5, 5.41) is 16.8. The lowest BCUT2D eigenvalue weighted by molar-refractivity contribution is 0.202. The molecule has 0 saturated carbocycles. The van der Waals surface area contributed by atoms with E-state index >= 15 is 0 Å². The molecule has 0 radical (unpaired) electrons. The van der Waals surface area contributed by atoms with Crippen LogP contribution in [0.2, 0.25) is 0 Å². The molecular weight excluding hydrogens is 274 g/mol. The summed E-state index contributed by atoms with van der Waals surface area (Å²) < 4.78 is 8.08. The fourth-order valence-corrected chi connectivity index (χ4v) is 3.02. The average Bonchev–Trinajstić information content (AvgIpc) is 3.11. The monoisotopic (exact) mass is 289 g/mol. The highest BCUT2D eigenvalue weighted by Gasteiger charge is 2.21. The first-order valence-electron chi connectivity index (χ1n) is 6.35. The van der Waals surface area contributed by atoms with Crippen molar-refractivity contribution in [2.45, 2.75) is 19.6 Å². The topological polar surface area (TPSA) is 60.2 Å². The largest absolute Gasteiger partial charge is 0.493 e. The Kier molecular flexibility index (Phi) is 3.42. The molecule has 0 spiro atoms. The quantitative estimate of drug-likeness (QED) is 0.802. The number of pyridine rings is 1. The van der Waals surface area contributed by atoms with E-state index in [0.29, 0.717) is 18.0 Å². The summed E-state index contributed by atoms with van der Waals surface area (Å²) in [7, 11) is 1.58. The average molecular weight is 289 g/mol. The van der Waals surface area contributed by atoms with Crippen LogP contribution in [0.1, 0.15) is 24.3 Å². The molecule has 6 heteroatoms. The van der Waals surface area contributed by atoms with Gasteiger partial charge in [0.25, 0.3) is 0 Å². The maximum absolute atomic E-state index is 10.6. The highest BCUT2D eigenvalue weighted by molar-refractivity contribution is 7.17. The molecule has 0 aliphatic carbocycles. The Hall–Kier alpha value is -1.92. The van der Waals surface area contributed by atoms with Crippen LogP contribution in [0.5, 0.6) is 5.75 Å². The van der Waals surface area contributed by atoms with E-state index in [1.807, 2.05) is 24.4 Å². The van der Waals surface area contributed by atoms with Crippen molar-refractivity contribution >= 4 is 21.6 Å². The number of aliphatic hydroxyl groups excluding tert-OH is 1. The van der Waals surface area contributed by atoms with Crippen LogP contribution in [0.15, 0.2) is 29.9 Å². The number of hydrogen-bond donors (Lipinski definition) is 1. The van der Waals surface area contributed by atoms with Gasteiger partial charge in [0.2, 0.25) is 0 Å². The van der Waals surface area contributed by atoms with Gasteiger partial charge in [-0.3, -0.25) is 9.67 Å². The van der Waals surface area contributed by atoms with E-state index in [1.165, 1.54) is 0 Å². The van der Waals surface area contributed by atoms with Crippen molar-refractivity contribution in [3.63, 3.8) is 0 Å². The molecule has 1 N–H and O–H groups in total. The molecule has 0 saturated heterocycles. The third-order valence-corrected chi connectivity index (χ3v) is 4.12. The Morgan fingerprint density at radius 3 is 3.05 bits per heavy atom. The van der Waals surface area contributed by atoms with Crippen LogP contribution in [0, 0.1) is 0 Å². The second-order valence-electron chi connectivity index (χ2n) is 4.39. The SMILES string of the molecule is CCn1ncc(OC)c1C(O)c1cnc2ccsc2c1. The molecule has 5 nitrogen and oxygen atoms in total. The van der Waals surface area contributed by atoms with E-state index < -0.39 is 6.10 Å². The van der Waals surface area contributed by atoms with E-state index in [2.05, 4.69) is 10.1 Å². The number of aromatic nitrogens is 3. The van der Waals surface area contributed by atoms with E-state index in [0.717, 1.165) is 15.8 Å². The molecule has 0 bridgehead atoms. The summed E-state index contributed by atoms with van der Waals surface area (Å²) >= 11 is 1.61. The molecule has 1 atom stereocenters. The normalized spacial score (nSPS) is 12.8. The summed E-state index contributed by atoms with van der Waals surface area (Å²) in [6.45, 7) is 2.65. The Labute approximate surface area is 120 Å². The first kappa shape index (κ1) is 13.1. The molecule has 3 aromatic rings. The number of fused-ring (bicyclic) bond motifs is 1. The van der Waals surface area contributed by atoms with Crippen molar-refractivity contribution in [3.05, 3.63) is 41.2 Å². The second-order valence-corrected chi connectivity index (χ2v) is 5.34. The summed E-state index contributed by atoms with van der Waals surface area (Å²) in [4.78, 5) is 4.36. The maximum Gasteiger partial charge on any atom is 0.163 e. The first-order valence-corrected chi connectivity index (χ1v) is 7.23. The minimum absolute atomic E-state index is 0.589. The Morgan fingerprint density at radius 2 is 2.30 bits per heavy atom. The van der Waals surface area contributed by atoms with Crippen LogP contribution >= 0.6 is 11.3 Å². The lowest BCUT2D eigenvalue weighted by atomic mass is 10.1. The zero-order chi connectivity index (χ0) is 14.1. The number of rotatable bonds is 4. The van der Waals surface area contributed by atoms with Gasteiger partial charge in [-0.15, -0.1) is 11.3 Å². The molecule has 3 heterocycles. The fourth-order valence-electron chi connectivity index (χ4n) is 2.23. The third-order valence-electron chi connectivity index (χ3n) is 3.26. The van der Waals surface area contributed by atoms with Crippen molar-refractivity contribution < 1.29 is 9.84 Å². The van der Waals surface area contributed by atoms with Gasteiger partial charge in [0, 0.05) is 18.3 Å². The summed E-state index contributed by atoms with van der Waals surface area (Å²) in [5.41, 5.74) is 2.35. The molecule has 3 aromatic heterocycles. The van der Waals surface area contributed by atoms with Crippen molar-refractivity contribution in [1.29, 1.82) is 0 Å². The maximum atomic E-state index is 10.6. The Morgan fingerprint density at radius 1 is 1.45 bits per heavy atom. The van der Waals surface area contributed by atoms with Crippen LogP contribution in [-0.4, -0.2) is 27.0 Å². The molecule has 0 aliphatic heterocycles. The number of aliphatic hydroxyl groups is 1. The van der Waals surface area contributed by atoms with Crippen LogP contribution in [0.4, 0.5) is 0 Å². The van der Waals surface area contributed by atoms with Gasteiger partial charge in [0.05, 0.1) is 23.5 Å². The lowest BCUT2D eigenvalue weighted by Crippen LogP contribution is -2.10. The van der Waals surface area contributed by atoms with Gasteiger partial charge in [-0.25, -0.2) is 0 Å². The zero-order valence-corrected chi connectivity index (χ0v) is 12.1. The van der Waals surface area contributed by atoms with Gasteiger partial charge >= 0.3 is 0 Å². The standard InChI is InChI=1S/C14H15N3O2S/c1-3-17-13(11(19-2)8-16-17)14(18)9-6-12-10(15-7-9)4-5-20-12/h4-8,14,18H,3H2,1-2H3. The Bertz CT molecular complexity index is 713. The second kappa shape index (κ2) is 5.22. The summed E-state index contributed by atoms with van der Waals surface area (Å²) in [6.07, 6.45) is 2.53. The number of thiophene rings is 1. The van der Waals surface area contributed by atoms with Gasteiger partial charge in [0.15, 0.2) is 5.75 Å². The minimum Gasteiger partial charge on any atom is -0.493 e. The number of methoxy groups -OCH3 is 1. The number of ether oxygens (including phenoxy) is 1. The van der Waals surface area contributed by atoms with Crippen LogP contribution in [0.3, 0.4) is 0 Å². The van der Waals surface area contributed by atoms with Crippen LogP contribution < -0.4 is 4.74 Å². The van der Waals surface area contributed by atoms with Gasteiger partial charge < -0.3 is 9.84 Å². The first-order chi connectivity index (χ1) is 9.74. The van der Waals surface area contributed by atoms with Gasteiger partial charge in [0.1, 0.15) is 11.8 Å². The number of hydrogen-bond acceptors (Lipinski definition) is 5. The molecule has 1 unspecified atom stereocenters. The highest BCUT2D eigenvalue weighted by Crippen LogP contribution is 2.31. The van der Waals surface area contributed by atoms with Crippen molar-refractivity contribution in [3.8, 4) is 5.75 Å². The number of aryl methyl sites for hydroxylation is 1. The predicted octanol–water partition coefficient (Wildman–Crippen LogP) is 2.60. The molecule has 0 fully saturated rings. The van der Waals surface area contributed by atoms with Gasteiger partial charge in [-0.2, -0.15) is 5.10 Å². The van der Waals surface area contributed by atoms with E-state index in [9.17, 15) is 5.11 Å². The van der Waals surface area contributed by atoms with Crippen LogP contribution in [0.25, 0.3) is 10.2 Å². The van der Waals surface area contributed by atoms with E-state index in [1.54, 1.807) is 35.5 Å². The lowest BCUT2D eigenvalue weighted by Gasteiger charge is -2.14. The minimum atomic E-state index is -0.800. The summed E-state index contributed by atoms with van der Waals surface area (Å²) in [6, 6.07) is 3.93. The predicted molar refractivity (Wildman–Crippen MR) is 78.1 cm³/mol. The highest BCUT2D eigenvalue weighted by atomic mass is 32.1. The molecular formula is C14H15N3O2S. The van der Waals surface area contributed by atoms with Crippen LogP contribution in [-0.2, 0) is 6.54 Å². The molecule has 104 valence electrons. The van der Waals surface area contributed by atoms with Crippen molar-refractivity contribution in [1.82, 2.24) is 14.8 Å². The van der Waals surface area contributed by atoms with Crippen molar-refractivity contribution in [2.75, 3.05) is 7.11 Å². The zero-order valence-electron chi connectivity index (χ0n) is 11.3. The fraction of sp³-hybridized carbons (Fsp3) is 0.286. The molecule has 0 aliphatic rings. The molecule has 0 amide bonds. The van der Waals surface area contributed by atoms with E-state index in [-0.39, 0.29) is 0 Å². The third kappa shape index (κ3) is 2.07. The number of nitrogens with zero attached hydrogens (tertiary/aromatic N) is 3. The van der Waals surface area contributed by atoms with E-state index in [4.69, 9.17) is 4.74 Å². The van der Waals surface area contributed by atoms with Crippen molar-refractivity contribution in [2.24, 2.45) is 0 Å². The molecule has 0 aromatic carbocycles.